The maximum Gasteiger partial charge on any atom is 0.0153 e. The molecule has 0 aliphatic carbocycles. The lowest BCUT2D eigenvalue weighted by Crippen LogP contribution is -2.36. The summed E-state index contributed by atoms with van der Waals surface area (Å²) in [5.41, 5.74) is 0.493. The van der Waals surface area contributed by atoms with Crippen molar-refractivity contribution >= 4 is 11.8 Å². The van der Waals surface area contributed by atoms with Crippen molar-refractivity contribution < 1.29 is 0 Å². The number of hydrogen-bond donors (Lipinski definition) is 1. The summed E-state index contributed by atoms with van der Waals surface area (Å²) >= 11 is 2.14. The Morgan fingerprint density at radius 3 is 3.08 bits per heavy atom. The van der Waals surface area contributed by atoms with Crippen LogP contribution in [-0.2, 0) is 0 Å². The Labute approximate surface area is 86.0 Å². The molecule has 1 nitrogen and oxygen atoms in total. The van der Waals surface area contributed by atoms with Crippen molar-refractivity contribution in [3.8, 4) is 0 Å². The fraction of sp³-hybridized carbons (Fsp3) is 1.00. The minimum absolute atomic E-state index is 0.493. The van der Waals surface area contributed by atoms with Crippen LogP contribution >= 0.6 is 11.8 Å². The highest BCUT2D eigenvalue weighted by Crippen LogP contribution is 2.31. The lowest BCUT2D eigenvalue weighted by Gasteiger charge is -2.25. The van der Waals surface area contributed by atoms with Crippen LogP contribution < -0.4 is 5.32 Å². The summed E-state index contributed by atoms with van der Waals surface area (Å²) in [5.74, 6) is 3.87. The molecule has 0 spiro atoms. The Bertz CT molecular complexity index is 157. The van der Waals surface area contributed by atoms with Crippen molar-refractivity contribution in [3.63, 3.8) is 0 Å². The van der Waals surface area contributed by atoms with Gasteiger partial charge < -0.3 is 5.32 Å². The number of rotatable bonds is 3. The van der Waals surface area contributed by atoms with E-state index < -0.39 is 0 Å². The van der Waals surface area contributed by atoms with E-state index in [1.54, 1.807) is 0 Å². The molecule has 2 rings (SSSR count). The molecular formula is C11H21NS. The second-order valence-corrected chi connectivity index (χ2v) is 6.01. The maximum absolute atomic E-state index is 3.65. The standard InChI is InChI=1S/C11H21NS/c1-11(5-2-7-12-11)6-3-10-4-8-13-9-10/h10,12H,2-9H2,1H3. The van der Waals surface area contributed by atoms with Gasteiger partial charge in [-0.2, -0.15) is 11.8 Å². The average Bonchev–Trinajstić information content (AvgIpc) is 2.72. The van der Waals surface area contributed by atoms with Gasteiger partial charge in [0, 0.05) is 5.54 Å². The molecule has 2 aliphatic heterocycles. The predicted octanol–water partition coefficient (Wildman–Crippen LogP) is 2.66. The van der Waals surface area contributed by atoms with Crippen molar-refractivity contribution in [3.05, 3.63) is 0 Å². The van der Waals surface area contributed by atoms with E-state index >= 15 is 0 Å². The third-order valence-corrected chi connectivity index (χ3v) is 4.82. The quantitative estimate of drug-likeness (QED) is 0.750. The normalized spacial score (nSPS) is 39.9. The Hall–Kier alpha value is 0.310. The van der Waals surface area contributed by atoms with Crippen LogP contribution in [0, 0.1) is 5.92 Å². The summed E-state index contributed by atoms with van der Waals surface area (Å²) in [6.07, 6.45) is 7.11. The molecule has 2 fully saturated rings. The zero-order valence-corrected chi connectivity index (χ0v) is 9.46. The van der Waals surface area contributed by atoms with Crippen LogP contribution in [-0.4, -0.2) is 23.6 Å². The molecule has 2 heteroatoms. The molecule has 0 radical (unpaired) electrons. The second kappa shape index (κ2) is 4.22. The van der Waals surface area contributed by atoms with Crippen molar-refractivity contribution in [2.45, 2.75) is 44.6 Å². The van der Waals surface area contributed by atoms with Gasteiger partial charge in [0.25, 0.3) is 0 Å². The van der Waals surface area contributed by atoms with E-state index in [0.29, 0.717) is 5.54 Å². The summed E-state index contributed by atoms with van der Waals surface area (Å²) in [6.45, 7) is 3.65. The van der Waals surface area contributed by atoms with Crippen molar-refractivity contribution in [2.24, 2.45) is 5.92 Å². The first-order valence-electron chi connectivity index (χ1n) is 5.61. The zero-order chi connectivity index (χ0) is 9.15. The highest BCUT2D eigenvalue weighted by Gasteiger charge is 2.29. The maximum atomic E-state index is 3.65. The van der Waals surface area contributed by atoms with Gasteiger partial charge >= 0.3 is 0 Å². The summed E-state index contributed by atoms with van der Waals surface area (Å²) in [5, 5.41) is 3.65. The Kier molecular flexibility index (Phi) is 3.20. The summed E-state index contributed by atoms with van der Waals surface area (Å²) in [6, 6.07) is 0. The lowest BCUT2D eigenvalue weighted by molar-refractivity contribution is 0.343. The molecule has 2 saturated heterocycles. The van der Waals surface area contributed by atoms with E-state index in [4.69, 9.17) is 0 Å². The Balaban J connectivity index is 1.71. The zero-order valence-electron chi connectivity index (χ0n) is 8.64. The summed E-state index contributed by atoms with van der Waals surface area (Å²) in [4.78, 5) is 0. The first-order chi connectivity index (χ1) is 6.29. The highest BCUT2D eigenvalue weighted by atomic mass is 32.2. The van der Waals surface area contributed by atoms with Crippen LogP contribution in [0.1, 0.15) is 39.0 Å². The van der Waals surface area contributed by atoms with E-state index in [9.17, 15) is 0 Å². The minimum Gasteiger partial charge on any atom is -0.312 e. The molecule has 2 unspecified atom stereocenters. The average molecular weight is 199 g/mol. The second-order valence-electron chi connectivity index (χ2n) is 4.86. The van der Waals surface area contributed by atoms with Gasteiger partial charge in [0.05, 0.1) is 0 Å². The molecule has 0 aromatic carbocycles. The molecule has 2 atom stereocenters. The van der Waals surface area contributed by atoms with Crippen molar-refractivity contribution in [1.82, 2.24) is 5.32 Å². The topological polar surface area (TPSA) is 12.0 Å². The molecule has 2 heterocycles. The summed E-state index contributed by atoms with van der Waals surface area (Å²) in [7, 11) is 0. The molecule has 1 N–H and O–H groups in total. The van der Waals surface area contributed by atoms with Gasteiger partial charge in [-0.25, -0.2) is 0 Å². The van der Waals surface area contributed by atoms with Crippen LogP contribution in [0.3, 0.4) is 0 Å². The first-order valence-corrected chi connectivity index (χ1v) is 6.77. The monoisotopic (exact) mass is 199 g/mol. The third-order valence-electron chi connectivity index (χ3n) is 3.59. The molecule has 0 aromatic heterocycles. The van der Waals surface area contributed by atoms with Crippen LogP contribution in [0.15, 0.2) is 0 Å². The molecule has 0 aromatic rings. The Morgan fingerprint density at radius 2 is 2.46 bits per heavy atom. The fourth-order valence-electron chi connectivity index (χ4n) is 2.50. The summed E-state index contributed by atoms with van der Waals surface area (Å²) < 4.78 is 0. The van der Waals surface area contributed by atoms with Crippen LogP contribution in [0.5, 0.6) is 0 Å². The van der Waals surface area contributed by atoms with E-state index in [-0.39, 0.29) is 0 Å². The van der Waals surface area contributed by atoms with Crippen LogP contribution in [0.4, 0.5) is 0 Å². The first kappa shape index (κ1) is 9.85. The molecule has 2 aliphatic rings. The molecule has 0 saturated carbocycles. The van der Waals surface area contributed by atoms with Gasteiger partial charge in [0.15, 0.2) is 0 Å². The molecule has 13 heavy (non-hydrogen) atoms. The van der Waals surface area contributed by atoms with Crippen molar-refractivity contribution in [1.29, 1.82) is 0 Å². The smallest absolute Gasteiger partial charge is 0.0153 e. The van der Waals surface area contributed by atoms with Crippen molar-refractivity contribution in [2.75, 3.05) is 18.1 Å². The van der Waals surface area contributed by atoms with Gasteiger partial charge in [0.2, 0.25) is 0 Å². The van der Waals surface area contributed by atoms with Gasteiger partial charge in [-0.05, 0) is 63.0 Å². The van der Waals surface area contributed by atoms with E-state index in [1.807, 2.05) is 0 Å². The van der Waals surface area contributed by atoms with Crippen LogP contribution in [0.2, 0.25) is 0 Å². The number of hydrogen-bond acceptors (Lipinski definition) is 2. The molecule has 76 valence electrons. The lowest BCUT2D eigenvalue weighted by atomic mass is 9.89. The van der Waals surface area contributed by atoms with Crippen LogP contribution in [0.25, 0.3) is 0 Å². The van der Waals surface area contributed by atoms with E-state index in [0.717, 1.165) is 5.92 Å². The van der Waals surface area contributed by atoms with Gasteiger partial charge in [-0.15, -0.1) is 0 Å². The number of nitrogens with one attached hydrogen (secondary N) is 1. The van der Waals surface area contributed by atoms with E-state index in [2.05, 4.69) is 24.0 Å². The minimum atomic E-state index is 0.493. The fourth-order valence-corrected chi connectivity index (χ4v) is 3.84. The van der Waals surface area contributed by atoms with Gasteiger partial charge in [-0.3, -0.25) is 0 Å². The Morgan fingerprint density at radius 1 is 1.54 bits per heavy atom. The highest BCUT2D eigenvalue weighted by molar-refractivity contribution is 7.99. The molecule has 0 bridgehead atoms. The largest absolute Gasteiger partial charge is 0.312 e. The molecular weight excluding hydrogens is 178 g/mol. The molecule has 0 amide bonds. The predicted molar refractivity (Wildman–Crippen MR) is 60.3 cm³/mol. The van der Waals surface area contributed by atoms with E-state index in [1.165, 1.54) is 50.2 Å². The third kappa shape index (κ3) is 2.63. The SMILES string of the molecule is CC1(CCC2CCSC2)CCCN1. The van der Waals surface area contributed by atoms with Gasteiger partial charge in [0.1, 0.15) is 0 Å². The number of thioether (sulfide) groups is 1. The van der Waals surface area contributed by atoms with Gasteiger partial charge in [-0.1, -0.05) is 0 Å².